The van der Waals surface area contributed by atoms with Gasteiger partial charge in [0.25, 0.3) is 0 Å². The third kappa shape index (κ3) is 2.75. The molecule has 0 spiro atoms. The maximum Gasteiger partial charge on any atom is 0.137 e. The van der Waals surface area contributed by atoms with Gasteiger partial charge in [-0.15, -0.1) is 11.3 Å². The topological polar surface area (TPSA) is 41.1 Å². The molecule has 1 aliphatic heterocycles. The fourth-order valence-electron chi connectivity index (χ4n) is 2.78. The first-order valence-corrected chi connectivity index (χ1v) is 8.52. The predicted molar refractivity (Wildman–Crippen MR) is 89.4 cm³/mol. The van der Waals surface area contributed by atoms with Crippen LogP contribution in [0.1, 0.15) is 35.7 Å². The van der Waals surface area contributed by atoms with Crippen LogP contribution >= 0.6 is 11.3 Å². The molecule has 0 amide bonds. The summed E-state index contributed by atoms with van der Waals surface area (Å²) in [5.74, 6) is 2.99. The van der Waals surface area contributed by atoms with E-state index in [9.17, 15) is 0 Å². The first-order valence-electron chi connectivity index (χ1n) is 7.64. The molecule has 0 bridgehead atoms. The Labute approximate surface area is 130 Å². The van der Waals surface area contributed by atoms with Gasteiger partial charge in [0.15, 0.2) is 0 Å². The zero-order chi connectivity index (χ0) is 14.8. The molecule has 0 aliphatic carbocycles. The van der Waals surface area contributed by atoms with E-state index in [2.05, 4.69) is 47.4 Å². The number of nitrogens with one attached hydrogen (secondary N) is 1. The van der Waals surface area contributed by atoms with Crippen molar-refractivity contribution in [2.75, 3.05) is 23.3 Å². The molecule has 5 heteroatoms. The molecule has 0 aromatic carbocycles. The molecule has 21 heavy (non-hydrogen) atoms. The first kappa shape index (κ1) is 14.3. The summed E-state index contributed by atoms with van der Waals surface area (Å²) in [4.78, 5) is 13.3. The van der Waals surface area contributed by atoms with Gasteiger partial charge in [-0.3, -0.25) is 0 Å². The maximum absolute atomic E-state index is 4.79. The van der Waals surface area contributed by atoms with E-state index < -0.39 is 0 Å². The van der Waals surface area contributed by atoms with E-state index in [1.807, 2.05) is 11.3 Å². The lowest BCUT2D eigenvalue weighted by Gasteiger charge is -2.30. The number of nitrogens with zero attached hydrogens (tertiary/aromatic N) is 3. The number of fused-ring (bicyclic) bond motifs is 1. The molecule has 0 saturated carbocycles. The van der Waals surface area contributed by atoms with Crippen molar-refractivity contribution in [3.8, 4) is 0 Å². The van der Waals surface area contributed by atoms with Crippen molar-refractivity contribution < 1.29 is 0 Å². The highest BCUT2D eigenvalue weighted by Crippen LogP contribution is 2.30. The van der Waals surface area contributed by atoms with Gasteiger partial charge in [0, 0.05) is 36.5 Å². The van der Waals surface area contributed by atoms with Crippen LogP contribution in [-0.2, 0) is 19.4 Å². The second kappa shape index (κ2) is 6.02. The quantitative estimate of drug-likeness (QED) is 0.940. The zero-order valence-electron chi connectivity index (χ0n) is 12.9. The highest BCUT2D eigenvalue weighted by molar-refractivity contribution is 7.10. The van der Waals surface area contributed by atoms with Crippen LogP contribution in [0.5, 0.6) is 0 Å². The van der Waals surface area contributed by atoms with E-state index in [0.717, 1.165) is 55.5 Å². The van der Waals surface area contributed by atoms with Gasteiger partial charge in [0.1, 0.15) is 17.5 Å². The zero-order valence-corrected chi connectivity index (χ0v) is 13.8. The summed E-state index contributed by atoms with van der Waals surface area (Å²) < 4.78 is 0. The Balaban J connectivity index is 1.96. The minimum Gasteiger partial charge on any atom is -0.370 e. The van der Waals surface area contributed by atoms with Crippen molar-refractivity contribution in [3.05, 3.63) is 33.3 Å². The van der Waals surface area contributed by atoms with Crippen LogP contribution in [0.3, 0.4) is 0 Å². The van der Waals surface area contributed by atoms with Crippen LogP contribution < -0.4 is 10.2 Å². The van der Waals surface area contributed by atoms with Crippen LogP contribution in [0, 0.1) is 6.92 Å². The highest BCUT2D eigenvalue weighted by Gasteiger charge is 2.21. The van der Waals surface area contributed by atoms with Crippen LogP contribution in [0.15, 0.2) is 11.4 Å². The molecule has 0 saturated heterocycles. The van der Waals surface area contributed by atoms with Crippen molar-refractivity contribution in [2.45, 2.75) is 40.2 Å². The van der Waals surface area contributed by atoms with Crippen LogP contribution in [0.4, 0.5) is 11.6 Å². The predicted octanol–water partition coefficient (Wildman–Crippen LogP) is 3.40. The number of aromatic nitrogens is 2. The molecule has 0 fully saturated rings. The molecule has 0 atom stereocenters. The lowest BCUT2D eigenvalue weighted by Crippen LogP contribution is -2.31. The average molecular weight is 302 g/mol. The molecule has 1 N–H and O–H groups in total. The lowest BCUT2D eigenvalue weighted by molar-refractivity contribution is 0.721. The first-order chi connectivity index (χ1) is 10.2. The summed E-state index contributed by atoms with van der Waals surface area (Å²) in [6, 6.07) is 2.24. The van der Waals surface area contributed by atoms with E-state index in [-0.39, 0.29) is 0 Å². The van der Waals surface area contributed by atoms with Crippen LogP contribution in [0.2, 0.25) is 0 Å². The highest BCUT2D eigenvalue weighted by atomic mass is 32.1. The Morgan fingerprint density at radius 1 is 1.33 bits per heavy atom. The SMILES string of the molecule is CCNc1nc(CC)nc(N2CCc3sccc3C2)c1C. The molecule has 2 aromatic heterocycles. The summed E-state index contributed by atoms with van der Waals surface area (Å²) in [7, 11) is 0. The Morgan fingerprint density at radius 3 is 2.95 bits per heavy atom. The van der Waals surface area contributed by atoms with Gasteiger partial charge in [-0.1, -0.05) is 6.92 Å². The van der Waals surface area contributed by atoms with Crippen LogP contribution in [0.25, 0.3) is 0 Å². The standard InChI is InChI=1S/C16H22N4S/c1-4-14-18-15(17-5-2)11(3)16(19-14)20-8-6-13-12(10-20)7-9-21-13/h7,9H,4-6,8,10H2,1-3H3,(H,17,18,19). The Hall–Kier alpha value is -1.62. The fourth-order valence-corrected chi connectivity index (χ4v) is 3.67. The van der Waals surface area contributed by atoms with E-state index >= 15 is 0 Å². The minimum absolute atomic E-state index is 0.864. The fraction of sp³-hybridized carbons (Fsp3) is 0.500. The summed E-state index contributed by atoms with van der Waals surface area (Å²) >= 11 is 1.87. The molecule has 3 rings (SSSR count). The second-order valence-corrected chi connectivity index (χ2v) is 6.36. The monoisotopic (exact) mass is 302 g/mol. The van der Waals surface area contributed by atoms with Crippen molar-refractivity contribution in [2.24, 2.45) is 0 Å². The van der Waals surface area contributed by atoms with Gasteiger partial charge >= 0.3 is 0 Å². The van der Waals surface area contributed by atoms with Crippen molar-refractivity contribution in [1.82, 2.24) is 9.97 Å². The summed E-state index contributed by atoms with van der Waals surface area (Å²) in [6.45, 7) is 9.22. The largest absolute Gasteiger partial charge is 0.370 e. The molecule has 112 valence electrons. The van der Waals surface area contributed by atoms with Gasteiger partial charge in [-0.2, -0.15) is 0 Å². The van der Waals surface area contributed by atoms with E-state index in [0.29, 0.717) is 0 Å². The number of anilines is 2. The van der Waals surface area contributed by atoms with Gasteiger partial charge in [0.05, 0.1) is 0 Å². The van der Waals surface area contributed by atoms with Crippen molar-refractivity contribution in [1.29, 1.82) is 0 Å². The molecule has 2 aromatic rings. The minimum atomic E-state index is 0.864. The van der Waals surface area contributed by atoms with Crippen LogP contribution in [-0.4, -0.2) is 23.1 Å². The van der Waals surface area contributed by atoms with Gasteiger partial charge < -0.3 is 10.2 Å². The number of hydrogen-bond acceptors (Lipinski definition) is 5. The molecule has 0 unspecified atom stereocenters. The van der Waals surface area contributed by atoms with Gasteiger partial charge in [-0.25, -0.2) is 9.97 Å². The molecular formula is C16H22N4S. The molecule has 3 heterocycles. The Bertz CT molecular complexity index is 635. The van der Waals surface area contributed by atoms with Gasteiger partial charge in [-0.05, 0) is 37.3 Å². The van der Waals surface area contributed by atoms with Gasteiger partial charge in [0.2, 0.25) is 0 Å². The third-order valence-electron chi connectivity index (χ3n) is 3.93. The average Bonchev–Trinajstić information content (AvgIpc) is 2.97. The number of aryl methyl sites for hydroxylation is 1. The van der Waals surface area contributed by atoms with E-state index in [1.54, 1.807) is 0 Å². The molecule has 4 nitrogen and oxygen atoms in total. The normalized spacial score (nSPS) is 14.1. The Kier molecular flexibility index (Phi) is 4.10. The lowest BCUT2D eigenvalue weighted by atomic mass is 10.1. The summed E-state index contributed by atoms with van der Waals surface area (Å²) in [5.41, 5.74) is 2.61. The smallest absolute Gasteiger partial charge is 0.137 e. The second-order valence-electron chi connectivity index (χ2n) is 5.36. The summed E-state index contributed by atoms with van der Waals surface area (Å²) in [5, 5.41) is 5.57. The summed E-state index contributed by atoms with van der Waals surface area (Å²) in [6.07, 6.45) is 1.98. The Morgan fingerprint density at radius 2 is 2.19 bits per heavy atom. The molecule has 0 radical (unpaired) electrons. The van der Waals surface area contributed by atoms with E-state index in [4.69, 9.17) is 4.98 Å². The third-order valence-corrected chi connectivity index (χ3v) is 4.96. The van der Waals surface area contributed by atoms with E-state index in [1.165, 1.54) is 10.4 Å². The number of rotatable bonds is 4. The molecular weight excluding hydrogens is 280 g/mol. The molecule has 1 aliphatic rings. The van der Waals surface area contributed by atoms with Crippen molar-refractivity contribution >= 4 is 23.0 Å². The maximum atomic E-state index is 4.79. The number of hydrogen-bond donors (Lipinski definition) is 1. The van der Waals surface area contributed by atoms with Crippen molar-refractivity contribution in [3.63, 3.8) is 0 Å². The number of thiophene rings is 1.